The Kier molecular flexibility index (Phi) is 6.42. The van der Waals surface area contributed by atoms with E-state index in [-0.39, 0.29) is 0 Å². The fourth-order valence-electron chi connectivity index (χ4n) is 2.68. The number of benzene rings is 3. The molecule has 7 heteroatoms. The molecular formula is C22H22N2O5. The zero-order valence-electron chi connectivity index (χ0n) is 16.4. The first-order chi connectivity index (χ1) is 14.1. The predicted molar refractivity (Wildman–Crippen MR) is 112 cm³/mol. The van der Waals surface area contributed by atoms with Crippen LogP contribution in [-0.4, -0.2) is 27.4 Å². The Bertz CT molecular complexity index is 934. The zero-order valence-corrected chi connectivity index (χ0v) is 16.4. The highest BCUT2D eigenvalue weighted by atomic mass is 16.5. The van der Waals surface area contributed by atoms with Crippen molar-refractivity contribution in [2.45, 2.75) is 0 Å². The maximum atomic E-state index is 12.3. The van der Waals surface area contributed by atoms with Crippen molar-refractivity contribution in [3.8, 4) is 28.7 Å². The van der Waals surface area contributed by atoms with Gasteiger partial charge in [0.05, 0.1) is 27.0 Å². The molecule has 3 aromatic carbocycles. The van der Waals surface area contributed by atoms with Crippen LogP contribution in [0.1, 0.15) is 0 Å². The van der Waals surface area contributed by atoms with Crippen molar-refractivity contribution in [2.24, 2.45) is 0 Å². The normalized spacial score (nSPS) is 10.0. The van der Waals surface area contributed by atoms with Gasteiger partial charge in [0.25, 0.3) is 0 Å². The average Bonchev–Trinajstić information content (AvgIpc) is 2.75. The maximum Gasteiger partial charge on any atom is 0.323 e. The molecule has 2 N–H and O–H groups in total. The number of carbonyl (C=O) groups excluding carboxylic acids is 1. The summed E-state index contributed by atoms with van der Waals surface area (Å²) < 4.78 is 21.6. The highest BCUT2D eigenvalue weighted by molar-refractivity contribution is 6.00. The lowest BCUT2D eigenvalue weighted by molar-refractivity contribution is 0.262. The van der Waals surface area contributed by atoms with Gasteiger partial charge in [-0.2, -0.15) is 0 Å². The second kappa shape index (κ2) is 9.36. The third-order valence-electron chi connectivity index (χ3n) is 4.01. The largest absolute Gasteiger partial charge is 0.493 e. The summed E-state index contributed by atoms with van der Waals surface area (Å²) in [5.41, 5.74) is 1.12. The first kappa shape index (κ1) is 19.9. The molecule has 0 unspecified atom stereocenters. The molecule has 0 radical (unpaired) electrons. The van der Waals surface area contributed by atoms with Crippen molar-refractivity contribution >= 4 is 17.4 Å². The van der Waals surface area contributed by atoms with Gasteiger partial charge in [0.1, 0.15) is 11.5 Å². The van der Waals surface area contributed by atoms with Crippen molar-refractivity contribution in [1.82, 2.24) is 0 Å². The van der Waals surface area contributed by atoms with Crippen LogP contribution >= 0.6 is 0 Å². The second-order valence-corrected chi connectivity index (χ2v) is 5.93. The molecule has 0 bridgehead atoms. The van der Waals surface area contributed by atoms with Crippen molar-refractivity contribution < 1.29 is 23.7 Å². The van der Waals surface area contributed by atoms with E-state index in [0.29, 0.717) is 34.4 Å². The van der Waals surface area contributed by atoms with Gasteiger partial charge in [-0.3, -0.25) is 0 Å². The Hall–Kier alpha value is -3.87. The van der Waals surface area contributed by atoms with Gasteiger partial charge in [-0.15, -0.1) is 0 Å². The smallest absolute Gasteiger partial charge is 0.323 e. The molecule has 0 fully saturated rings. The van der Waals surface area contributed by atoms with E-state index in [1.54, 1.807) is 36.4 Å². The number of hydrogen-bond acceptors (Lipinski definition) is 5. The number of urea groups is 1. The zero-order chi connectivity index (χ0) is 20.6. The van der Waals surface area contributed by atoms with Crippen molar-refractivity contribution in [3.05, 3.63) is 66.7 Å². The van der Waals surface area contributed by atoms with E-state index in [1.807, 2.05) is 30.3 Å². The molecule has 2 amide bonds. The van der Waals surface area contributed by atoms with Crippen LogP contribution in [0.3, 0.4) is 0 Å². The van der Waals surface area contributed by atoms with Crippen molar-refractivity contribution in [3.63, 3.8) is 0 Å². The lowest BCUT2D eigenvalue weighted by atomic mass is 10.2. The summed E-state index contributed by atoms with van der Waals surface area (Å²) in [5.74, 6) is 2.77. The fourth-order valence-corrected chi connectivity index (χ4v) is 2.68. The number of ether oxygens (including phenoxy) is 4. The predicted octanol–water partition coefficient (Wildman–Crippen LogP) is 5.15. The monoisotopic (exact) mass is 394 g/mol. The minimum absolute atomic E-state index is 0.406. The summed E-state index contributed by atoms with van der Waals surface area (Å²) in [7, 11) is 4.55. The van der Waals surface area contributed by atoms with Gasteiger partial charge in [0, 0.05) is 17.8 Å². The molecule has 0 aliphatic rings. The Balaban J connectivity index is 1.65. The molecule has 29 heavy (non-hydrogen) atoms. The van der Waals surface area contributed by atoms with Gasteiger partial charge in [-0.05, 0) is 36.4 Å². The molecule has 0 heterocycles. The van der Waals surface area contributed by atoms with Crippen LogP contribution in [-0.2, 0) is 0 Å². The van der Waals surface area contributed by atoms with Crippen LogP contribution in [0.15, 0.2) is 66.7 Å². The van der Waals surface area contributed by atoms with Gasteiger partial charge in [-0.25, -0.2) is 4.79 Å². The van der Waals surface area contributed by atoms with E-state index in [4.69, 9.17) is 18.9 Å². The van der Waals surface area contributed by atoms with Crippen LogP contribution in [0, 0.1) is 0 Å². The summed E-state index contributed by atoms with van der Waals surface area (Å²) in [6.45, 7) is 0. The average molecular weight is 394 g/mol. The van der Waals surface area contributed by atoms with E-state index in [0.717, 1.165) is 5.75 Å². The number of hydrogen-bond donors (Lipinski definition) is 2. The van der Waals surface area contributed by atoms with Crippen LogP contribution in [0.2, 0.25) is 0 Å². The summed E-state index contributed by atoms with van der Waals surface area (Å²) in [5, 5.41) is 5.52. The van der Waals surface area contributed by atoms with E-state index < -0.39 is 6.03 Å². The maximum absolute atomic E-state index is 12.3. The Morgan fingerprint density at radius 1 is 0.690 bits per heavy atom. The van der Waals surface area contributed by atoms with Crippen LogP contribution in [0.5, 0.6) is 28.7 Å². The topological polar surface area (TPSA) is 78.1 Å². The van der Waals surface area contributed by atoms with E-state index >= 15 is 0 Å². The summed E-state index contributed by atoms with van der Waals surface area (Å²) in [6.07, 6.45) is 0. The third kappa shape index (κ3) is 5.10. The number of rotatable bonds is 7. The molecule has 0 aliphatic carbocycles. The molecule has 0 saturated heterocycles. The van der Waals surface area contributed by atoms with Gasteiger partial charge < -0.3 is 29.6 Å². The molecule has 7 nitrogen and oxygen atoms in total. The van der Waals surface area contributed by atoms with Gasteiger partial charge in [0.2, 0.25) is 5.75 Å². The highest BCUT2D eigenvalue weighted by Gasteiger charge is 2.14. The molecule has 0 spiro atoms. The summed E-state index contributed by atoms with van der Waals surface area (Å²) >= 11 is 0. The third-order valence-corrected chi connectivity index (χ3v) is 4.01. The number of anilines is 2. The van der Waals surface area contributed by atoms with Crippen LogP contribution < -0.4 is 29.6 Å². The van der Waals surface area contributed by atoms with Gasteiger partial charge >= 0.3 is 6.03 Å². The molecular weight excluding hydrogens is 372 g/mol. The standard InChI is InChI=1S/C22H22N2O5/c1-26-19-13-16(14-20(27-2)21(19)28-3)24-22(25)23-15-9-11-18(12-10-15)29-17-7-5-4-6-8-17/h4-14H,1-3H3,(H2,23,24,25). The van der Waals surface area contributed by atoms with Gasteiger partial charge in [0.15, 0.2) is 11.5 Å². The van der Waals surface area contributed by atoms with E-state index in [9.17, 15) is 4.79 Å². The minimum atomic E-state index is -0.406. The number of para-hydroxylation sites is 1. The van der Waals surface area contributed by atoms with Crippen LogP contribution in [0.25, 0.3) is 0 Å². The van der Waals surface area contributed by atoms with Crippen molar-refractivity contribution in [1.29, 1.82) is 0 Å². The first-order valence-electron chi connectivity index (χ1n) is 8.84. The lowest BCUT2D eigenvalue weighted by Gasteiger charge is -2.15. The fraction of sp³-hybridized carbons (Fsp3) is 0.136. The molecule has 3 aromatic rings. The van der Waals surface area contributed by atoms with E-state index in [2.05, 4.69) is 10.6 Å². The van der Waals surface area contributed by atoms with Gasteiger partial charge in [-0.1, -0.05) is 18.2 Å². The number of methoxy groups -OCH3 is 3. The number of nitrogens with one attached hydrogen (secondary N) is 2. The van der Waals surface area contributed by atoms with E-state index in [1.165, 1.54) is 21.3 Å². The SMILES string of the molecule is COc1cc(NC(=O)Nc2ccc(Oc3ccccc3)cc2)cc(OC)c1OC. The Labute approximate surface area is 169 Å². The highest BCUT2D eigenvalue weighted by Crippen LogP contribution is 2.39. The minimum Gasteiger partial charge on any atom is -0.493 e. The number of carbonyl (C=O) groups is 1. The molecule has 0 atom stereocenters. The summed E-state index contributed by atoms with van der Waals surface area (Å²) in [6, 6.07) is 19.4. The lowest BCUT2D eigenvalue weighted by Crippen LogP contribution is -2.19. The van der Waals surface area contributed by atoms with Crippen LogP contribution in [0.4, 0.5) is 16.2 Å². The quantitative estimate of drug-likeness (QED) is 0.580. The first-order valence-corrected chi connectivity index (χ1v) is 8.84. The molecule has 0 aromatic heterocycles. The summed E-state index contributed by atoms with van der Waals surface area (Å²) in [4.78, 5) is 12.3. The van der Waals surface area contributed by atoms with Crippen molar-refractivity contribution in [2.75, 3.05) is 32.0 Å². The number of amides is 2. The molecule has 3 rings (SSSR count). The molecule has 0 aliphatic heterocycles. The second-order valence-electron chi connectivity index (χ2n) is 5.93. The Morgan fingerprint density at radius 2 is 1.24 bits per heavy atom. The molecule has 0 saturated carbocycles. The Morgan fingerprint density at radius 3 is 1.79 bits per heavy atom. The molecule has 150 valence electrons.